The van der Waals surface area contributed by atoms with Gasteiger partial charge in [-0.25, -0.2) is 9.67 Å². The molecule has 0 amide bonds. The second-order valence-electron chi connectivity index (χ2n) is 4.76. The van der Waals surface area contributed by atoms with Crippen LogP contribution in [0.15, 0.2) is 30.6 Å². The van der Waals surface area contributed by atoms with Crippen LogP contribution in [-0.4, -0.2) is 30.8 Å². The molecule has 1 aliphatic rings. The average Bonchev–Trinajstić information content (AvgIpc) is 3.01. The first kappa shape index (κ1) is 11.1. The summed E-state index contributed by atoms with van der Waals surface area (Å²) in [6.07, 6.45) is 3.07. The second-order valence-corrected chi connectivity index (χ2v) is 4.76. The minimum atomic E-state index is 0.467. The Morgan fingerprint density at radius 3 is 2.80 bits per heavy atom. The molecule has 0 spiro atoms. The number of imidazole rings is 1. The minimum absolute atomic E-state index is 0.467. The molecule has 0 saturated carbocycles. The molecule has 3 aromatic rings. The predicted octanol–water partition coefficient (Wildman–Crippen LogP) is 1.48. The Labute approximate surface area is 114 Å². The summed E-state index contributed by atoms with van der Waals surface area (Å²) < 4.78 is 3.79. The molecule has 1 aliphatic heterocycles. The highest BCUT2D eigenvalue weighted by atomic mass is 16.1. The lowest BCUT2D eigenvalue weighted by Crippen LogP contribution is -2.03. The number of fused-ring (bicyclic) bond motifs is 5. The maximum Gasteiger partial charge on any atom is 0.170 e. The first-order valence-corrected chi connectivity index (χ1v) is 6.32. The fourth-order valence-electron chi connectivity index (χ4n) is 2.65. The number of aromatic nitrogens is 5. The third-order valence-electron chi connectivity index (χ3n) is 3.67. The lowest BCUT2D eigenvalue weighted by Gasteiger charge is -2.08. The van der Waals surface area contributed by atoms with Crippen molar-refractivity contribution in [2.45, 2.75) is 13.3 Å². The third kappa shape index (κ3) is 1.33. The van der Waals surface area contributed by atoms with Crippen molar-refractivity contribution >= 4 is 6.29 Å². The lowest BCUT2D eigenvalue weighted by atomic mass is 10.2. The van der Waals surface area contributed by atoms with Crippen LogP contribution in [0.1, 0.15) is 27.6 Å². The fraction of sp³-hybridized carbons (Fsp3) is 0.143. The Bertz CT molecular complexity index is 830. The molecule has 0 radical (unpaired) electrons. The van der Waals surface area contributed by atoms with Crippen LogP contribution in [0.25, 0.3) is 11.4 Å². The summed E-state index contributed by atoms with van der Waals surface area (Å²) in [5.41, 5.74) is 5.08. The van der Waals surface area contributed by atoms with Gasteiger partial charge in [0.2, 0.25) is 0 Å². The zero-order chi connectivity index (χ0) is 13.7. The zero-order valence-corrected chi connectivity index (χ0v) is 10.8. The van der Waals surface area contributed by atoms with Gasteiger partial charge in [0.1, 0.15) is 12.0 Å². The number of aldehydes is 1. The van der Waals surface area contributed by atoms with Gasteiger partial charge in [0.15, 0.2) is 6.29 Å². The fourth-order valence-corrected chi connectivity index (χ4v) is 2.65. The molecule has 0 fully saturated rings. The van der Waals surface area contributed by atoms with Gasteiger partial charge in [-0.05, 0) is 19.1 Å². The van der Waals surface area contributed by atoms with E-state index in [1.54, 1.807) is 6.33 Å². The summed E-state index contributed by atoms with van der Waals surface area (Å²) in [6, 6.07) is 7.89. The topological polar surface area (TPSA) is 65.6 Å². The Kier molecular flexibility index (Phi) is 2.14. The summed E-state index contributed by atoms with van der Waals surface area (Å²) in [5.74, 6) is 0. The predicted molar refractivity (Wildman–Crippen MR) is 71.4 cm³/mol. The van der Waals surface area contributed by atoms with E-state index in [0.717, 1.165) is 34.7 Å². The maximum absolute atomic E-state index is 11.2. The molecule has 0 unspecified atom stereocenters. The van der Waals surface area contributed by atoms with Crippen LogP contribution in [0.3, 0.4) is 0 Å². The molecular formula is C14H11N5O. The van der Waals surface area contributed by atoms with Crippen molar-refractivity contribution in [3.63, 3.8) is 0 Å². The standard InChI is InChI=1S/C14H11N5O/c1-9-13-6-14-10(7-20)15-8-18(14)11-4-2-3-5-12(11)19(13)17-16-9/h2-5,7-8H,6H2,1H3. The van der Waals surface area contributed by atoms with Crippen LogP contribution in [0, 0.1) is 6.92 Å². The number of aryl methyl sites for hydroxylation is 1. The highest BCUT2D eigenvalue weighted by Gasteiger charge is 2.24. The van der Waals surface area contributed by atoms with Crippen molar-refractivity contribution in [1.82, 2.24) is 24.5 Å². The quantitative estimate of drug-likeness (QED) is 0.489. The molecular weight excluding hydrogens is 254 g/mol. The van der Waals surface area contributed by atoms with Gasteiger partial charge in [0.25, 0.3) is 0 Å². The first-order valence-electron chi connectivity index (χ1n) is 6.32. The molecule has 98 valence electrons. The van der Waals surface area contributed by atoms with E-state index in [1.807, 2.05) is 40.4 Å². The van der Waals surface area contributed by atoms with Crippen molar-refractivity contribution in [3.8, 4) is 11.4 Å². The molecule has 0 aliphatic carbocycles. The smallest absolute Gasteiger partial charge is 0.170 e. The Balaban J connectivity index is 2.12. The molecule has 6 nitrogen and oxygen atoms in total. The van der Waals surface area contributed by atoms with Gasteiger partial charge in [-0.2, -0.15) is 0 Å². The van der Waals surface area contributed by atoms with Crippen molar-refractivity contribution in [1.29, 1.82) is 0 Å². The van der Waals surface area contributed by atoms with Gasteiger partial charge >= 0.3 is 0 Å². The lowest BCUT2D eigenvalue weighted by molar-refractivity contribution is 0.111. The number of carbonyl (C=O) groups excluding carboxylic acids is 1. The number of carbonyl (C=O) groups is 1. The Morgan fingerprint density at radius 1 is 1.20 bits per heavy atom. The van der Waals surface area contributed by atoms with Crippen molar-refractivity contribution in [3.05, 3.63) is 53.4 Å². The van der Waals surface area contributed by atoms with Crippen LogP contribution in [0.5, 0.6) is 0 Å². The van der Waals surface area contributed by atoms with E-state index in [-0.39, 0.29) is 0 Å². The largest absolute Gasteiger partial charge is 0.300 e. The molecule has 4 rings (SSSR count). The van der Waals surface area contributed by atoms with Gasteiger partial charge in [-0.15, -0.1) is 5.10 Å². The maximum atomic E-state index is 11.2. The van der Waals surface area contributed by atoms with Gasteiger partial charge in [0.05, 0.1) is 28.5 Å². The Morgan fingerprint density at radius 2 is 2.00 bits per heavy atom. The summed E-state index contributed by atoms with van der Waals surface area (Å²) in [4.78, 5) is 15.4. The number of hydrogen-bond acceptors (Lipinski definition) is 4. The van der Waals surface area contributed by atoms with E-state index in [4.69, 9.17) is 0 Å². The van der Waals surface area contributed by atoms with Crippen molar-refractivity contribution in [2.75, 3.05) is 0 Å². The van der Waals surface area contributed by atoms with Crippen molar-refractivity contribution < 1.29 is 4.79 Å². The molecule has 20 heavy (non-hydrogen) atoms. The summed E-state index contributed by atoms with van der Waals surface area (Å²) >= 11 is 0. The highest BCUT2D eigenvalue weighted by molar-refractivity contribution is 5.75. The van der Waals surface area contributed by atoms with E-state index in [9.17, 15) is 4.79 Å². The van der Waals surface area contributed by atoms with Crippen molar-refractivity contribution in [2.24, 2.45) is 0 Å². The SMILES string of the molecule is Cc1nnn2c1Cc1c(C=O)ncn1-c1ccccc1-2. The minimum Gasteiger partial charge on any atom is -0.300 e. The van der Waals surface area contributed by atoms with Crippen LogP contribution in [0.4, 0.5) is 0 Å². The zero-order valence-electron chi connectivity index (χ0n) is 10.8. The molecule has 0 saturated heterocycles. The van der Waals surface area contributed by atoms with E-state index >= 15 is 0 Å². The normalized spacial score (nSPS) is 12.2. The molecule has 6 heteroatoms. The molecule has 3 heterocycles. The average molecular weight is 265 g/mol. The van der Waals surface area contributed by atoms with E-state index in [1.165, 1.54) is 0 Å². The van der Waals surface area contributed by atoms with E-state index < -0.39 is 0 Å². The van der Waals surface area contributed by atoms with Crippen LogP contribution in [0.2, 0.25) is 0 Å². The number of para-hydroxylation sites is 2. The van der Waals surface area contributed by atoms with Gasteiger partial charge in [0, 0.05) is 6.42 Å². The Hall–Kier alpha value is -2.76. The van der Waals surface area contributed by atoms with Gasteiger partial charge in [-0.1, -0.05) is 17.3 Å². The molecule has 0 bridgehead atoms. The number of hydrogen-bond donors (Lipinski definition) is 0. The molecule has 0 N–H and O–H groups in total. The van der Waals surface area contributed by atoms with E-state index in [0.29, 0.717) is 12.1 Å². The highest BCUT2D eigenvalue weighted by Crippen LogP contribution is 2.28. The second kappa shape index (κ2) is 3.86. The molecule has 0 atom stereocenters. The molecule has 2 aromatic heterocycles. The van der Waals surface area contributed by atoms with Gasteiger partial charge in [-0.3, -0.25) is 9.36 Å². The number of benzene rings is 1. The van der Waals surface area contributed by atoms with Crippen LogP contribution in [-0.2, 0) is 6.42 Å². The molecule has 1 aromatic carbocycles. The first-order chi connectivity index (χ1) is 9.79. The van der Waals surface area contributed by atoms with Crippen LogP contribution < -0.4 is 0 Å². The third-order valence-corrected chi connectivity index (χ3v) is 3.67. The van der Waals surface area contributed by atoms with E-state index in [2.05, 4.69) is 15.3 Å². The summed E-state index contributed by atoms with van der Waals surface area (Å²) in [7, 11) is 0. The summed E-state index contributed by atoms with van der Waals surface area (Å²) in [5, 5.41) is 8.37. The van der Waals surface area contributed by atoms with Crippen LogP contribution >= 0.6 is 0 Å². The number of rotatable bonds is 1. The summed E-state index contributed by atoms with van der Waals surface area (Å²) in [6.45, 7) is 1.92. The number of nitrogens with zero attached hydrogens (tertiary/aromatic N) is 5. The monoisotopic (exact) mass is 265 g/mol. The van der Waals surface area contributed by atoms with Gasteiger partial charge < -0.3 is 0 Å².